The molecule has 0 radical (unpaired) electrons. The lowest BCUT2D eigenvalue weighted by Crippen LogP contribution is -2.30. The van der Waals surface area contributed by atoms with Crippen LogP contribution in [0.25, 0.3) is 11.1 Å². The number of carbonyl (C=O) groups excluding carboxylic acids is 1. The SMILES string of the molecule is Cc1nnc(CN(C)C(=O)c2c(-c3ccc(Cl)cc3)c(C)c(C(F)(F)F)n2Cc2ccccc2)o1. The van der Waals surface area contributed by atoms with Gasteiger partial charge in [0.05, 0.1) is 6.54 Å². The monoisotopic (exact) mass is 502 g/mol. The van der Waals surface area contributed by atoms with Gasteiger partial charge in [0.15, 0.2) is 0 Å². The van der Waals surface area contributed by atoms with E-state index in [0.29, 0.717) is 22.0 Å². The molecule has 6 nitrogen and oxygen atoms in total. The topological polar surface area (TPSA) is 64.2 Å². The molecule has 4 rings (SSSR count). The van der Waals surface area contributed by atoms with Crippen LogP contribution >= 0.6 is 11.6 Å². The number of alkyl halides is 3. The number of carbonyl (C=O) groups is 1. The van der Waals surface area contributed by atoms with Crippen LogP contribution in [0.15, 0.2) is 59.0 Å². The number of aromatic nitrogens is 3. The number of nitrogens with zero attached hydrogens (tertiary/aromatic N) is 4. The van der Waals surface area contributed by atoms with Gasteiger partial charge in [0, 0.05) is 31.1 Å². The molecule has 0 bridgehead atoms. The molecule has 0 unspecified atom stereocenters. The molecule has 1 amide bonds. The highest BCUT2D eigenvalue weighted by Crippen LogP contribution is 2.42. The minimum atomic E-state index is -4.69. The Morgan fingerprint density at radius 1 is 1.06 bits per heavy atom. The third-order valence-electron chi connectivity index (χ3n) is 5.58. The molecule has 4 aromatic rings. The highest BCUT2D eigenvalue weighted by molar-refractivity contribution is 6.30. The highest BCUT2D eigenvalue weighted by atomic mass is 35.5. The molecule has 2 heterocycles. The number of halogens is 4. The summed E-state index contributed by atoms with van der Waals surface area (Å²) in [6, 6.07) is 15.1. The normalized spacial score (nSPS) is 11.6. The molecule has 2 aromatic heterocycles. The lowest BCUT2D eigenvalue weighted by atomic mass is 10.00. The number of aryl methyl sites for hydroxylation is 1. The summed E-state index contributed by atoms with van der Waals surface area (Å²) in [5.74, 6) is -0.106. The van der Waals surface area contributed by atoms with E-state index in [2.05, 4.69) is 10.2 Å². The molecule has 182 valence electrons. The lowest BCUT2D eigenvalue weighted by Gasteiger charge is -2.20. The van der Waals surface area contributed by atoms with E-state index < -0.39 is 17.8 Å². The van der Waals surface area contributed by atoms with Gasteiger partial charge in [-0.2, -0.15) is 13.2 Å². The molecule has 0 aliphatic carbocycles. The number of hydrogen-bond acceptors (Lipinski definition) is 4. The summed E-state index contributed by atoms with van der Waals surface area (Å²) in [4.78, 5) is 15.0. The van der Waals surface area contributed by atoms with Crippen molar-refractivity contribution in [1.82, 2.24) is 19.7 Å². The van der Waals surface area contributed by atoms with Crippen molar-refractivity contribution in [2.24, 2.45) is 0 Å². The quantitative estimate of drug-likeness (QED) is 0.317. The predicted octanol–water partition coefficient (Wildman–Crippen LogP) is 6.15. The van der Waals surface area contributed by atoms with Gasteiger partial charge in [-0.1, -0.05) is 54.1 Å². The molecule has 0 aliphatic heterocycles. The third kappa shape index (κ3) is 5.09. The average molecular weight is 503 g/mol. The van der Waals surface area contributed by atoms with E-state index in [1.165, 1.54) is 18.9 Å². The third-order valence-corrected chi connectivity index (χ3v) is 5.83. The Balaban J connectivity index is 1.92. The number of hydrogen-bond donors (Lipinski definition) is 0. The van der Waals surface area contributed by atoms with Crippen LogP contribution in [-0.4, -0.2) is 32.6 Å². The zero-order valence-corrected chi connectivity index (χ0v) is 20.0. The van der Waals surface area contributed by atoms with Gasteiger partial charge >= 0.3 is 6.18 Å². The first-order chi connectivity index (χ1) is 16.6. The van der Waals surface area contributed by atoms with Crippen molar-refractivity contribution in [3.8, 4) is 11.1 Å². The van der Waals surface area contributed by atoms with Crippen LogP contribution in [0.2, 0.25) is 5.02 Å². The van der Waals surface area contributed by atoms with Crippen LogP contribution in [0.5, 0.6) is 0 Å². The second kappa shape index (κ2) is 9.58. The van der Waals surface area contributed by atoms with Crippen LogP contribution in [0.3, 0.4) is 0 Å². The van der Waals surface area contributed by atoms with Crippen LogP contribution < -0.4 is 0 Å². The molecule has 0 aliphatic rings. The van der Waals surface area contributed by atoms with E-state index in [4.69, 9.17) is 16.0 Å². The summed E-state index contributed by atoms with van der Waals surface area (Å²) in [5.41, 5.74) is 0.274. The molecule has 0 saturated carbocycles. The number of rotatable bonds is 6. The van der Waals surface area contributed by atoms with Crippen LogP contribution in [0.1, 0.15) is 39.1 Å². The van der Waals surface area contributed by atoms with Gasteiger partial charge in [-0.15, -0.1) is 10.2 Å². The second-order valence-corrected chi connectivity index (χ2v) is 8.59. The first-order valence-corrected chi connectivity index (χ1v) is 11.1. The summed E-state index contributed by atoms with van der Waals surface area (Å²) >= 11 is 6.02. The van der Waals surface area contributed by atoms with E-state index in [1.807, 2.05) is 0 Å². The Morgan fingerprint density at radius 3 is 2.29 bits per heavy atom. The summed E-state index contributed by atoms with van der Waals surface area (Å²) in [7, 11) is 1.48. The smallest absolute Gasteiger partial charge is 0.424 e. The maximum Gasteiger partial charge on any atom is 0.431 e. The van der Waals surface area contributed by atoms with Crippen molar-refractivity contribution in [2.45, 2.75) is 33.1 Å². The molecule has 0 N–H and O–H groups in total. The van der Waals surface area contributed by atoms with Gasteiger partial charge in [-0.3, -0.25) is 4.79 Å². The zero-order chi connectivity index (χ0) is 25.3. The minimum Gasteiger partial charge on any atom is -0.424 e. The van der Waals surface area contributed by atoms with E-state index in [0.717, 1.165) is 4.57 Å². The summed E-state index contributed by atoms with van der Waals surface area (Å²) < 4.78 is 49.6. The first-order valence-electron chi connectivity index (χ1n) is 10.7. The van der Waals surface area contributed by atoms with Crippen LogP contribution in [0, 0.1) is 13.8 Å². The second-order valence-electron chi connectivity index (χ2n) is 8.15. The summed E-state index contributed by atoms with van der Waals surface area (Å²) in [6.07, 6.45) is -4.69. The van der Waals surface area contributed by atoms with E-state index in [1.54, 1.807) is 61.5 Å². The Labute approximate surface area is 204 Å². The first kappa shape index (κ1) is 24.5. The number of amides is 1. The Morgan fingerprint density at radius 2 is 1.71 bits per heavy atom. The zero-order valence-electron chi connectivity index (χ0n) is 19.2. The van der Waals surface area contributed by atoms with Gasteiger partial charge in [-0.25, -0.2) is 0 Å². The van der Waals surface area contributed by atoms with Crippen molar-refractivity contribution >= 4 is 17.5 Å². The largest absolute Gasteiger partial charge is 0.431 e. The van der Waals surface area contributed by atoms with Gasteiger partial charge in [0.1, 0.15) is 11.4 Å². The number of benzene rings is 2. The highest BCUT2D eigenvalue weighted by Gasteiger charge is 2.41. The Hall–Kier alpha value is -3.59. The molecule has 35 heavy (non-hydrogen) atoms. The molecule has 0 saturated heterocycles. The van der Waals surface area contributed by atoms with Crippen LogP contribution in [-0.2, 0) is 19.3 Å². The fourth-order valence-electron chi connectivity index (χ4n) is 4.08. The van der Waals surface area contributed by atoms with E-state index in [-0.39, 0.29) is 35.8 Å². The standard InChI is InChI=1S/C25H22ClF3N4O2/c1-15-21(18-9-11-19(26)12-10-18)22(24(34)32(3)14-20-31-30-16(2)35-20)33(23(15)25(27,28)29)13-17-7-5-4-6-8-17/h4-12H,13-14H2,1-3H3. The van der Waals surface area contributed by atoms with Crippen molar-refractivity contribution in [3.05, 3.63) is 93.9 Å². The molecule has 10 heteroatoms. The summed E-state index contributed by atoms with van der Waals surface area (Å²) in [6.45, 7) is 2.79. The van der Waals surface area contributed by atoms with Crippen molar-refractivity contribution in [2.75, 3.05) is 7.05 Å². The van der Waals surface area contributed by atoms with Gasteiger partial charge in [-0.05, 0) is 35.7 Å². The van der Waals surface area contributed by atoms with Crippen molar-refractivity contribution < 1.29 is 22.4 Å². The van der Waals surface area contributed by atoms with E-state index in [9.17, 15) is 18.0 Å². The molecular formula is C25H22ClF3N4O2. The van der Waals surface area contributed by atoms with Gasteiger partial charge < -0.3 is 13.9 Å². The van der Waals surface area contributed by atoms with Gasteiger partial charge in [0.2, 0.25) is 11.8 Å². The Bertz CT molecular complexity index is 1350. The summed E-state index contributed by atoms with van der Waals surface area (Å²) in [5, 5.41) is 8.07. The fourth-order valence-corrected chi connectivity index (χ4v) is 4.21. The van der Waals surface area contributed by atoms with Crippen LogP contribution in [0.4, 0.5) is 13.2 Å². The maximum absolute atomic E-state index is 14.4. The minimum absolute atomic E-state index is 0.0406. The Kier molecular flexibility index (Phi) is 6.71. The predicted molar refractivity (Wildman–Crippen MR) is 125 cm³/mol. The lowest BCUT2D eigenvalue weighted by molar-refractivity contribution is -0.143. The molecule has 2 aromatic carbocycles. The average Bonchev–Trinajstić information content (AvgIpc) is 3.34. The van der Waals surface area contributed by atoms with Gasteiger partial charge in [0.25, 0.3) is 5.91 Å². The molecule has 0 fully saturated rings. The molecular weight excluding hydrogens is 481 g/mol. The molecule has 0 atom stereocenters. The van der Waals surface area contributed by atoms with Crippen molar-refractivity contribution in [3.63, 3.8) is 0 Å². The van der Waals surface area contributed by atoms with E-state index >= 15 is 0 Å². The fraction of sp³-hybridized carbons (Fsp3) is 0.240. The van der Waals surface area contributed by atoms with Crippen molar-refractivity contribution in [1.29, 1.82) is 0 Å². The molecule has 0 spiro atoms. The maximum atomic E-state index is 14.4.